The van der Waals surface area contributed by atoms with E-state index in [9.17, 15) is 4.39 Å². The second-order valence-corrected chi connectivity index (χ2v) is 3.19. The molecule has 2 heteroatoms. The zero-order chi connectivity index (χ0) is 11.1. The molecule has 0 aliphatic carbocycles. The molecule has 0 unspecified atom stereocenters. The summed E-state index contributed by atoms with van der Waals surface area (Å²) in [5.41, 5.74) is 1.52. The highest BCUT2D eigenvalue weighted by Gasteiger charge is 2.07. The van der Waals surface area contributed by atoms with Gasteiger partial charge in [-0.2, -0.15) is 4.39 Å². The fraction of sp³-hybridized carbons (Fsp3) is 0.583. The minimum absolute atomic E-state index is 0.211. The van der Waals surface area contributed by atoms with E-state index in [0.717, 1.165) is 12.1 Å². The van der Waals surface area contributed by atoms with Crippen LogP contribution < -0.4 is 0 Å². The maximum Gasteiger partial charge on any atom is 0.216 e. The van der Waals surface area contributed by atoms with Gasteiger partial charge in [-0.1, -0.05) is 40.7 Å². The van der Waals surface area contributed by atoms with Crippen LogP contribution in [0.4, 0.5) is 4.39 Å². The highest BCUT2D eigenvalue weighted by molar-refractivity contribution is 5.18. The lowest BCUT2D eigenvalue weighted by atomic mass is 10.1. The lowest BCUT2D eigenvalue weighted by molar-refractivity contribution is 0.551. The third kappa shape index (κ3) is 3.44. The maximum absolute atomic E-state index is 13.2. The maximum atomic E-state index is 13.2. The summed E-state index contributed by atoms with van der Waals surface area (Å²) in [6.07, 6.45) is 0.787. The van der Waals surface area contributed by atoms with E-state index in [1.54, 1.807) is 0 Å². The smallest absolute Gasteiger partial charge is 0.216 e. The summed E-state index contributed by atoms with van der Waals surface area (Å²) in [6, 6.07) is 3.71. The zero-order valence-electron chi connectivity index (χ0n) is 9.76. The van der Waals surface area contributed by atoms with Crippen molar-refractivity contribution in [2.75, 3.05) is 0 Å². The van der Waals surface area contributed by atoms with Crippen molar-refractivity contribution in [3.05, 3.63) is 29.3 Å². The molecule has 0 amide bonds. The molecule has 0 fully saturated rings. The van der Waals surface area contributed by atoms with Crippen LogP contribution in [0.1, 0.15) is 51.8 Å². The molecule has 1 aromatic rings. The van der Waals surface area contributed by atoms with Gasteiger partial charge in [-0.05, 0) is 18.4 Å². The quantitative estimate of drug-likeness (QED) is 0.654. The molecule has 0 N–H and O–H groups in total. The highest BCUT2D eigenvalue weighted by Crippen LogP contribution is 2.16. The van der Waals surface area contributed by atoms with Crippen LogP contribution in [0, 0.1) is 5.95 Å². The third-order valence-electron chi connectivity index (χ3n) is 1.92. The predicted octanol–water partition coefficient (Wildman–Crippen LogP) is 3.93. The molecular weight excluding hydrogens is 177 g/mol. The molecule has 0 aliphatic heterocycles. The van der Waals surface area contributed by atoms with E-state index < -0.39 is 0 Å². The monoisotopic (exact) mass is 197 g/mol. The number of aromatic nitrogens is 1. The van der Waals surface area contributed by atoms with E-state index in [1.807, 2.05) is 46.8 Å². The van der Waals surface area contributed by atoms with Gasteiger partial charge in [0.2, 0.25) is 5.95 Å². The molecule has 0 spiro atoms. The molecule has 80 valence electrons. The van der Waals surface area contributed by atoms with Gasteiger partial charge in [0.1, 0.15) is 0 Å². The first-order chi connectivity index (χ1) is 6.65. The van der Waals surface area contributed by atoms with Crippen molar-refractivity contribution in [3.63, 3.8) is 0 Å². The predicted molar refractivity (Wildman–Crippen MR) is 59.0 cm³/mol. The van der Waals surface area contributed by atoms with Crippen LogP contribution in [0.2, 0.25) is 0 Å². The van der Waals surface area contributed by atoms with Crippen LogP contribution in [-0.4, -0.2) is 4.98 Å². The normalized spacial score (nSPS) is 9.64. The number of hydrogen-bond acceptors (Lipinski definition) is 1. The molecule has 0 saturated carbocycles. The summed E-state index contributed by atoms with van der Waals surface area (Å²) in [5, 5.41) is 0. The molecule has 1 heterocycles. The van der Waals surface area contributed by atoms with Crippen molar-refractivity contribution in [1.82, 2.24) is 4.98 Å². The van der Waals surface area contributed by atoms with E-state index in [-0.39, 0.29) is 11.9 Å². The number of nitrogens with zero attached hydrogens (tertiary/aromatic N) is 1. The van der Waals surface area contributed by atoms with Crippen molar-refractivity contribution in [3.8, 4) is 0 Å². The molecule has 0 atom stereocenters. The molecule has 0 saturated heterocycles. The lowest BCUT2D eigenvalue weighted by Gasteiger charge is -2.06. The molecule has 0 radical (unpaired) electrons. The first-order valence-electron chi connectivity index (χ1n) is 5.30. The second kappa shape index (κ2) is 6.52. The summed E-state index contributed by atoms with van der Waals surface area (Å²) >= 11 is 0. The van der Waals surface area contributed by atoms with Gasteiger partial charge in [0.15, 0.2) is 0 Å². The molecule has 1 aromatic heterocycles. The number of pyridine rings is 1. The van der Waals surface area contributed by atoms with Gasteiger partial charge in [-0.25, -0.2) is 4.98 Å². The van der Waals surface area contributed by atoms with Gasteiger partial charge in [-0.15, -0.1) is 0 Å². The number of rotatable bonds is 2. The van der Waals surface area contributed by atoms with E-state index in [2.05, 4.69) is 4.98 Å². The van der Waals surface area contributed by atoms with Gasteiger partial charge in [0.05, 0.1) is 0 Å². The van der Waals surface area contributed by atoms with Crippen LogP contribution in [0.25, 0.3) is 0 Å². The molecule has 0 bridgehead atoms. The van der Waals surface area contributed by atoms with Crippen LogP contribution in [0.15, 0.2) is 12.1 Å². The van der Waals surface area contributed by atoms with Crippen molar-refractivity contribution in [2.45, 2.75) is 47.0 Å². The Balaban J connectivity index is 0.000000791. The third-order valence-corrected chi connectivity index (χ3v) is 1.92. The van der Waals surface area contributed by atoms with Crippen LogP contribution in [-0.2, 0) is 6.42 Å². The van der Waals surface area contributed by atoms with Crippen LogP contribution in [0.5, 0.6) is 0 Å². The van der Waals surface area contributed by atoms with Gasteiger partial charge in [0.25, 0.3) is 0 Å². The first kappa shape index (κ1) is 13.1. The van der Waals surface area contributed by atoms with Crippen molar-refractivity contribution in [2.24, 2.45) is 0 Å². The summed E-state index contributed by atoms with van der Waals surface area (Å²) in [6.45, 7) is 9.90. The highest BCUT2D eigenvalue weighted by atomic mass is 19.1. The Hall–Kier alpha value is -0.920. The SMILES string of the molecule is CC.CCc1ccc(C(C)C)c(F)n1. The number of halogens is 1. The number of aryl methyl sites for hydroxylation is 1. The Bertz CT molecular complexity index is 269. The summed E-state index contributed by atoms with van der Waals surface area (Å²) in [4.78, 5) is 3.85. The summed E-state index contributed by atoms with van der Waals surface area (Å²) < 4.78 is 13.2. The summed E-state index contributed by atoms with van der Waals surface area (Å²) in [5.74, 6) is -0.104. The van der Waals surface area contributed by atoms with Crippen molar-refractivity contribution >= 4 is 0 Å². The Morgan fingerprint density at radius 1 is 1.29 bits per heavy atom. The Morgan fingerprint density at radius 2 is 1.86 bits per heavy atom. The largest absolute Gasteiger partial charge is 0.225 e. The van der Waals surface area contributed by atoms with Gasteiger partial charge in [0, 0.05) is 11.3 Å². The van der Waals surface area contributed by atoms with Gasteiger partial charge < -0.3 is 0 Å². The minimum atomic E-state index is -0.315. The van der Waals surface area contributed by atoms with Gasteiger partial charge in [-0.3, -0.25) is 0 Å². The standard InChI is InChI=1S/C10H14FN.C2H6/c1-4-8-5-6-9(7(2)3)10(11)12-8;1-2/h5-7H,4H2,1-3H3;1-2H3. The molecular formula is C12H20FN. The molecule has 0 aromatic carbocycles. The van der Waals surface area contributed by atoms with Crippen molar-refractivity contribution < 1.29 is 4.39 Å². The first-order valence-corrected chi connectivity index (χ1v) is 5.30. The van der Waals surface area contributed by atoms with E-state index in [1.165, 1.54) is 0 Å². The lowest BCUT2D eigenvalue weighted by Crippen LogP contribution is -1.98. The Kier molecular flexibility index (Phi) is 6.09. The fourth-order valence-electron chi connectivity index (χ4n) is 1.11. The Labute approximate surface area is 86.4 Å². The zero-order valence-corrected chi connectivity index (χ0v) is 9.76. The molecule has 14 heavy (non-hydrogen) atoms. The van der Waals surface area contributed by atoms with Crippen molar-refractivity contribution in [1.29, 1.82) is 0 Å². The Morgan fingerprint density at radius 3 is 2.21 bits per heavy atom. The van der Waals surface area contributed by atoms with E-state index in [0.29, 0.717) is 5.56 Å². The van der Waals surface area contributed by atoms with Crippen LogP contribution >= 0.6 is 0 Å². The molecule has 1 rings (SSSR count). The second-order valence-electron chi connectivity index (χ2n) is 3.19. The van der Waals surface area contributed by atoms with E-state index in [4.69, 9.17) is 0 Å². The fourth-order valence-corrected chi connectivity index (χ4v) is 1.11. The summed E-state index contributed by atoms with van der Waals surface area (Å²) in [7, 11) is 0. The minimum Gasteiger partial charge on any atom is -0.225 e. The average Bonchev–Trinajstić information content (AvgIpc) is 2.20. The number of hydrogen-bond donors (Lipinski definition) is 0. The topological polar surface area (TPSA) is 12.9 Å². The molecule has 1 nitrogen and oxygen atoms in total. The average molecular weight is 197 g/mol. The van der Waals surface area contributed by atoms with Gasteiger partial charge >= 0.3 is 0 Å². The van der Waals surface area contributed by atoms with Crippen LogP contribution in [0.3, 0.4) is 0 Å². The molecule has 0 aliphatic rings. The van der Waals surface area contributed by atoms with E-state index >= 15 is 0 Å².